The van der Waals surface area contributed by atoms with E-state index in [9.17, 15) is 13.2 Å². The molecule has 0 aromatic heterocycles. The number of anilines is 1. The summed E-state index contributed by atoms with van der Waals surface area (Å²) in [6, 6.07) is 4.55. The maximum Gasteiger partial charge on any atom is 0.240 e. The quantitative estimate of drug-likeness (QED) is 0.738. The summed E-state index contributed by atoms with van der Waals surface area (Å²) in [5.41, 5.74) is 0.307. The number of likely N-dealkylation sites (N-methyl/N-ethyl adjacent to an activating group) is 1. The number of sulfonamides is 1. The van der Waals surface area contributed by atoms with E-state index in [-0.39, 0.29) is 17.5 Å². The van der Waals surface area contributed by atoms with Crippen LogP contribution in [0, 0.1) is 0 Å². The fourth-order valence-electron chi connectivity index (χ4n) is 1.82. The Bertz CT molecular complexity index is 649. The van der Waals surface area contributed by atoms with Crippen molar-refractivity contribution in [1.82, 2.24) is 10.2 Å². The van der Waals surface area contributed by atoms with E-state index in [1.165, 1.54) is 13.2 Å². The minimum Gasteiger partial charge on any atom is -0.495 e. The molecule has 130 valence electrons. The summed E-state index contributed by atoms with van der Waals surface area (Å²) in [7, 11) is 1.60. The van der Waals surface area contributed by atoms with E-state index < -0.39 is 10.0 Å². The monoisotopic (exact) mass is 363 g/mol. The molecule has 0 atom stereocenters. The van der Waals surface area contributed by atoms with E-state index in [2.05, 4.69) is 5.32 Å². The average Bonchev–Trinajstić information content (AvgIpc) is 2.43. The first-order valence-electron chi connectivity index (χ1n) is 6.88. The van der Waals surface area contributed by atoms with Crippen LogP contribution in [0.2, 0.25) is 5.02 Å². The Labute approximate surface area is 142 Å². The molecular formula is C14H22ClN3O4S. The lowest BCUT2D eigenvalue weighted by Crippen LogP contribution is -2.42. The van der Waals surface area contributed by atoms with E-state index in [0.29, 0.717) is 24.5 Å². The summed E-state index contributed by atoms with van der Waals surface area (Å²) in [4.78, 5) is 13.9. The van der Waals surface area contributed by atoms with Gasteiger partial charge in [-0.15, -0.1) is 0 Å². The molecule has 7 nitrogen and oxygen atoms in total. The molecule has 0 saturated carbocycles. The van der Waals surface area contributed by atoms with Crippen molar-refractivity contribution in [2.45, 2.75) is 0 Å². The molecule has 1 N–H and O–H groups in total. The summed E-state index contributed by atoms with van der Waals surface area (Å²) in [5, 5.41) is 2.95. The second-order valence-corrected chi connectivity index (χ2v) is 7.56. The van der Waals surface area contributed by atoms with Crippen LogP contribution in [0.4, 0.5) is 5.69 Å². The van der Waals surface area contributed by atoms with Crippen LogP contribution in [-0.4, -0.2) is 66.3 Å². The largest absolute Gasteiger partial charge is 0.495 e. The van der Waals surface area contributed by atoms with Gasteiger partial charge in [0.1, 0.15) is 12.3 Å². The molecule has 1 amide bonds. The molecule has 1 aromatic rings. The summed E-state index contributed by atoms with van der Waals surface area (Å²) in [6.45, 7) is 0.792. The lowest BCUT2D eigenvalue weighted by atomic mass is 10.3. The van der Waals surface area contributed by atoms with Gasteiger partial charge in [0, 0.05) is 13.1 Å². The van der Waals surface area contributed by atoms with Gasteiger partial charge in [0.05, 0.1) is 24.1 Å². The Kier molecular flexibility index (Phi) is 7.11. The third kappa shape index (κ3) is 6.25. The fraction of sp³-hybridized carbons (Fsp3) is 0.500. The van der Waals surface area contributed by atoms with Gasteiger partial charge in [-0.2, -0.15) is 0 Å². The normalized spacial score (nSPS) is 11.4. The van der Waals surface area contributed by atoms with Crippen LogP contribution in [0.5, 0.6) is 5.75 Å². The molecule has 0 fully saturated rings. The summed E-state index contributed by atoms with van der Waals surface area (Å²) >= 11 is 6.03. The maximum absolute atomic E-state index is 12.0. The fourth-order valence-corrected chi connectivity index (χ4v) is 2.92. The third-order valence-electron chi connectivity index (χ3n) is 2.99. The molecule has 0 unspecified atom stereocenters. The Balaban J connectivity index is 2.90. The summed E-state index contributed by atoms with van der Waals surface area (Å²) in [5.74, 6) is 0.0449. The van der Waals surface area contributed by atoms with E-state index in [4.69, 9.17) is 16.3 Å². The Morgan fingerprint density at radius 2 is 2.00 bits per heavy atom. The Hall–Kier alpha value is -1.51. The SMILES string of the molecule is COc1ccc(N(CC(=O)NCCN(C)C)S(C)(=O)=O)cc1Cl. The molecule has 0 heterocycles. The Morgan fingerprint density at radius 1 is 1.35 bits per heavy atom. The highest BCUT2D eigenvalue weighted by molar-refractivity contribution is 7.92. The van der Waals surface area contributed by atoms with E-state index in [1.807, 2.05) is 19.0 Å². The molecule has 0 aliphatic rings. The molecule has 0 saturated heterocycles. The second-order valence-electron chi connectivity index (χ2n) is 5.24. The van der Waals surface area contributed by atoms with Gasteiger partial charge >= 0.3 is 0 Å². The minimum atomic E-state index is -3.63. The zero-order valence-corrected chi connectivity index (χ0v) is 15.2. The smallest absolute Gasteiger partial charge is 0.240 e. The molecule has 0 radical (unpaired) electrons. The zero-order chi connectivity index (χ0) is 17.6. The van der Waals surface area contributed by atoms with Crippen molar-refractivity contribution >= 4 is 33.2 Å². The van der Waals surface area contributed by atoms with Crippen LogP contribution >= 0.6 is 11.6 Å². The van der Waals surface area contributed by atoms with Crippen LogP contribution in [0.1, 0.15) is 0 Å². The highest BCUT2D eigenvalue weighted by Gasteiger charge is 2.21. The van der Waals surface area contributed by atoms with Crippen molar-refractivity contribution in [3.63, 3.8) is 0 Å². The average molecular weight is 364 g/mol. The van der Waals surface area contributed by atoms with Gasteiger partial charge in [0.15, 0.2) is 0 Å². The maximum atomic E-state index is 12.0. The summed E-state index contributed by atoms with van der Waals surface area (Å²) < 4.78 is 30.0. The molecule has 0 aliphatic carbocycles. The number of amides is 1. The number of rotatable bonds is 8. The standard InChI is InChI=1S/C14H22ClN3O4S/c1-17(2)8-7-16-14(19)10-18(23(4,20)21)11-5-6-13(22-3)12(15)9-11/h5-6,9H,7-8,10H2,1-4H3,(H,16,19). The van der Waals surface area contributed by atoms with Crippen molar-refractivity contribution in [3.8, 4) is 5.75 Å². The van der Waals surface area contributed by atoms with Crippen LogP contribution in [-0.2, 0) is 14.8 Å². The molecule has 23 heavy (non-hydrogen) atoms. The molecule has 1 rings (SSSR count). The van der Waals surface area contributed by atoms with Crippen LogP contribution in [0.3, 0.4) is 0 Å². The number of benzene rings is 1. The van der Waals surface area contributed by atoms with Gasteiger partial charge in [-0.25, -0.2) is 8.42 Å². The van der Waals surface area contributed by atoms with Gasteiger partial charge in [-0.05, 0) is 32.3 Å². The zero-order valence-electron chi connectivity index (χ0n) is 13.7. The van der Waals surface area contributed by atoms with Crippen LogP contribution in [0.15, 0.2) is 18.2 Å². The van der Waals surface area contributed by atoms with Crippen molar-refractivity contribution < 1.29 is 17.9 Å². The number of nitrogens with zero attached hydrogens (tertiary/aromatic N) is 2. The van der Waals surface area contributed by atoms with Crippen molar-refractivity contribution in [2.75, 3.05) is 51.4 Å². The predicted molar refractivity (Wildman–Crippen MR) is 91.8 cm³/mol. The van der Waals surface area contributed by atoms with Gasteiger partial charge in [-0.1, -0.05) is 11.6 Å². The number of ether oxygens (including phenoxy) is 1. The van der Waals surface area contributed by atoms with Gasteiger partial charge in [-0.3, -0.25) is 9.10 Å². The summed E-state index contributed by atoms with van der Waals surface area (Å²) in [6.07, 6.45) is 1.04. The number of halogens is 1. The van der Waals surface area contributed by atoms with Crippen molar-refractivity contribution in [1.29, 1.82) is 0 Å². The first-order chi connectivity index (χ1) is 10.6. The van der Waals surface area contributed by atoms with Gasteiger partial charge in [0.25, 0.3) is 0 Å². The third-order valence-corrected chi connectivity index (χ3v) is 4.43. The lowest BCUT2D eigenvalue weighted by molar-refractivity contribution is -0.119. The topological polar surface area (TPSA) is 79.0 Å². The Morgan fingerprint density at radius 3 is 2.48 bits per heavy atom. The lowest BCUT2D eigenvalue weighted by Gasteiger charge is -2.22. The van der Waals surface area contributed by atoms with E-state index in [0.717, 1.165) is 10.6 Å². The first kappa shape index (κ1) is 19.5. The van der Waals surface area contributed by atoms with Crippen molar-refractivity contribution in [2.24, 2.45) is 0 Å². The van der Waals surface area contributed by atoms with E-state index >= 15 is 0 Å². The number of carbonyl (C=O) groups is 1. The molecule has 0 bridgehead atoms. The molecule has 0 spiro atoms. The number of hydrogen-bond donors (Lipinski definition) is 1. The van der Waals surface area contributed by atoms with Gasteiger partial charge in [0.2, 0.25) is 15.9 Å². The minimum absolute atomic E-state index is 0.270. The number of carbonyl (C=O) groups excluding carboxylic acids is 1. The molecular weight excluding hydrogens is 342 g/mol. The van der Waals surface area contributed by atoms with Crippen LogP contribution in [0.25, 0.3) is 0 Å². The number of nitrogens with one attached hydrogen (secondary N) is 1. The first-order valence-corrected chi connectivity index (χ1v) is 9.10. The van der Waals surface area contributed by atoms with Crippen molar-refractivity contribution in [3.05, 3.63) is 23.2 Å². The molecule has 0 aliphatic heterocycles. The van der Waals surface area contributed by atoms with Gasteiger partial charge < -0.3 is 15.0 Å². The molecule has 9 heteroatoms. The van der Waals surface area contributed by atoms with E-state index in [1.54, 1.807) is 12.1 Å². The number of methoxy groups -OCH3 is 1. The molecule has 1 aromatic carbocycles. The highest BCUT2D eigenvalue weighted by Crippen LogP contribution is 2.30. The second kappa shape index (κ2) is 8.37. The van der Waals surface area contributed by atoms with Crippen LogP contribution < -0.4 is 14.4 Å². The highest BCUT2D eigenvalue weighted by atomic mass is 35.5. The predicted octanol–water partition coefficient (Wildman–Crippen LogP) is 0.792. The number of hydrogen-bond acceptors (Lipinski definition) is 5.